The van der Waals surface area contributed by atoms with Gasteiger partial charge in [-0.1, -0.05) is 18.2 Å². The van der Waals surface area contributed by atoms with Crippen LogP contribution in [0, 0.1) is 41.3 Å². The Hall–Kier alpha value is -2.36. The van der Waals surface area contributed by atoms with Gasteiger partial charge in [0.2, 0.25) is 0 Å². The van der Waals surface area contributed by atoms with Crippen molar-refractivity contribution in [1.29, 1.82) is 0 Å². The van der Waals surface area contributed by atoms with Gasteiger partial charge in [0.05, 0.1) is 5.56 Å². The lowest BCUT2D eigenvalue weighted by atomic mass is 9.66. The van der Waals surface area contributed by atoms with Gasteiger partial charge in [-0.15, -0.1) is 0 Å². The predicted octanol–water partition coefficient (Wildman–Crippen LogP) is 5.88. The number of hydrogen-bond acceptors (Lipinski definition) is 3. The summed E-state index contributed by atoms with van der Waals surface area (Å²) in [6.07, 6.45) is 6.39. The lowest BCUT2D eigenvalue weighted by molar-refractivity contribution is -0.0325. The summed E-state index contributed by atoms with van der Waals surface area (Å²) in [6.45, 7) is 2.16. The molecule has 6 rings (SSSR count). The summed E-state index contributed by atoms with van der Waals surface area (Å²) in [7, 11) is 0. The second kappa shape index (κ2) is 6.57. The molecule has 4 heteroatoms. The predicted molar refractivity (Wildman–Crippen MR) is 111 cm³/mol. The molecule has 4 aliphatic rings. The molecule has 7 atom stereocenters. The highest BCUT2D eigenvalue weighted by molar-refractivity contribution is 5.91. The van der Waals surface area contributed by atoms with Crippen molar-refractivity contribution in [2.75, 3.05) is 0 Å². The Morgan fingerprint density at radius 3 is 2.57 bits per heavy atom. The maximum Gasteiger partial charge on any atom is 0.343 e. The van der Waals surface area contributed by atoms with E-state index >= 15 is 0 Å². The van der Waals surface area contributed by atoms with Crippen molar-refractivity contribution in [1.82, 2.24) is 0 Å². The van der Waals surface area contributed by atoms with E-state index in [4.69, 9.17) is 9.47 Å². The topological polar surface area (TPSA) is 35.5 Å². The molecule has 0 radical (unpaired) electrons. The van der Waals surface area contributed by atoms with E-state index in [0.717, 1.165) is 36.0 Å². The molecule has 2 aromatic carbocycles. The zero-order chi connectivity index (χ0) is 20.5. The first-order chi connectivity index (χ1) is 14.5. The first-order valence-electron chi connectivity index (χ1n) is 11.3. The van der Waals surface area contributed by atoms with Crippen LogP contribution in [0.2, 0.25) is 0 Å². The third-order valence-corrected chi connectivity index (χ3v) is 8.53. The average Bonchev–Trinajstić information content (AvgIpc) is 3.49. The first-order valence-corrected chi connectivity index (χ1v) is 11.3. The zero-order valence-corrected chi connectivity index (χ0v) is 17.2. The van der Waals surface area contributed by atoms with Gasteiger partial charge in [-0.25, -0.2) is 9.18 Å². The molecule has 2 aromatic rings. The van der Waals surface area contributed by atoms with Crippen LogP contribution in [0.1, 0.15) is 49.4 Å². The van der Waals surface area contributed by atoms with Crippen LogP contribution in [0.15, 0.2) is 48.5 Å². The highest BCUT2D eigenvalue weighted by Crippen LogP contribution is 2.70. The van der Waals surface area contributed by atoms with Gasteiger partial charge in [0, 0.05) is 5.92 Å². The van der Waals surface area contributed by atoms with Gasteiger partial charge in [-0.05, 0) is 98.9 Å². The highest BCUT2D eigenvalue weighted by atomic mass is 19.1. The van der Waals surface area contributed by atoms with Crippen LogP contribution in [0.25, 0.3) is 0 Å². The highest BCUT2D eigenvalue weighted by Gasteiger charge is 2.66. The number of halogens is 1. The Bertz CT molecular complexity index is 989. The van der Waals surface area contributed by atoms with Gasteiger partial charge >= 0.3 is 5.97 Å². The zero-order valence-electron chi connectivity index (χ0n) is 17.2. The molecule has 156 valence electrons. The van der Waals surface area contributed by atoms with Crippen molar-refractivity contribution in [2.45, 2.75) is 44.6 Å². The number of rotatable bonds is 4. The Morgan fingerprint density at radius 1 is 1.00 bits per heavy atom. The van der Waals surface area contributed by atoms with Gasteiger partial charge in [-0.3, -0.25) is 0 Å². The molecular weight excluding hydrogens is 379 g/mol. The number of benzene rings is 2. The van der Waals surface area contributed by atoms with Crippen molar-refractivity contribution in [2.24, 2.45) is 35.5 Å². The van der Waals surface area contributed by atoms with Gasteiger partial charge in [-0.2, -0.15) is 0 Å². The number of hydrogen-bond donors (Lipinski definition) is 0. The van der Waals surface area contributed by atoms with Gasteiger partial charge in [0.1, 0.15) is 11.4 Å². The van der Waals surface area contributed by atoms with Crippen LogP contribution in [0.5, 0.6) is 11.5 Å². The average molecular weight is 406 g/mol. The lowest BCUT2D eigenvalue weighted by Gasteiger charge is -2.44. The van der Waals surface area contributed by atoms with E-state index in [9.17, 15) is 9.18 Å². The summed E-state index contributed by atoms with van der Waals surface area (Å²) >= 11 is 0. The molecule has 0 spiro atoms. The molecule has 0 saturated heterocycles. The summed E-state index contributed by atoms with van der Waals surface area (Å²) in [5.41, 5.74) is -0.0427. The second-order valence-electron chi connectivity index (χ2n) is 10.1. The lowest BCUT2D eigenvalue weighted by Crippen LogP contribution is -2.46. The SMILES string of the molecule is CC1(Oc2cc(C(=O)Oc3ccccc3)ccc2F)CC2CC1C1C3CCC(C3)C21. The fourth-order valence-corrected chi connectivity index (χ4v) is 7.60. The van der Waals surface area contributed by atoms with Gasteiger partial charge in [0.25, 0.3) is 0 Å². The minimum absolute atomic E-state index is 0.173. The van der Waals surface area contributed by atoms with Crippen LogP contribution >= 0.6 is 0 Å². The summed E-state index contributed by atoms with van der Waals surface area (Å²) in [6, 6.07) is 13.2. The van der Waals surface area contributed by atoms with Crippen molar-refractivity contribution in [3.05, 3.63) is 59.9 Å². The van der Waals surface area contributed by atoms with E-state index in [-0.39, 0.29) is 11.4 Å². The minimum Gasteiger partial charge on any atom is -0.484 e. The molecule has 3 nitrogen and oxygen atoms in total. The van der Waals surface area contributed by atoms with Crippen LogP contribution in [-0.4, -0.2) is 11.6 Å². The molecule has 0 N–H and O–H groups in total. The Balaban J connectivity index is 1.23. The van der Waals surface area contributed by atoms with Gasteiger partial charge in [0.15, 0.2) is 11.6 Å². The fraction of sp³-hybridized carbons (Fsp3) is 0.500. The summed E-state index contributed by atoms with van der Waals surface area (Å²) in [5, 5.41) is 0. The van der Waals surface area contributed by atoms with E-state index in [1.807, 2.05) is 6.07 Å². The molecule has 4 aliphatic carbocycles. The van der Waals surface area contributed by atoms with E-state index in [2.05, 4.69) is 6.92 Å². The van der Waals surface area contributed by atoms with Crippen molar-refractivity contribution >= 4 is 5.97 Å². The molecule has 0 heterocycles. The number of para-hydroxylation sites is 1. The van der Waals surface area contributed by atoms with E-state index in [0.29, 0.717) is 17.2 Å². The van der Waals surface area contributed by atoms with Crippen LogP contribution in [0.4, 0.5) is 4.39 Å². The molecule has 30 heavy (non-hydrogen) atoms. The normalized spacial score (nSPS) is 37.9. The maximum atomic E-state index is 14.7. The number of fused-ring (bicyclic) bond motifs is 9. The molecule has 7 unspecified atom stereocenters. The fourth-order valence-electron chi connectivity index (χ4n) is 7.60. The second-order valence-corrected chi connectivity index (χ2v) is 10.1. The molecule has 0 amide bonds. The van der Waals surface area contributed by atoms with Crippen molar-refractivity contribution in [3.63, 3.8) is 0 Å². The summed E-state index contributed by atoms with van der Waals surface area (Å²) in [5.74, 6) is 4.34. The minimum atomic E-state index is -0.502. The summed E-state index contributed by atoms with van der Waals surface area (Å²) in [4.78, 5) is 12.6. The van der Waals surface area contributed by atoms with Crippen molar-refractivity contribution < 1.29 is 18.7 Å². The molecule has 0 aliphatic heterocycles. The smallest absolute Gasteiger partial charge is 0.343 e. The largest absolute Gasteiger partial charge is 0.484 e. The summed E-state index contributed by atoms with van der Waals surface area (Å²) < 4.78 is 26.5. The number of ether oxygens (including phenoxy) is 2. The standard InChI is InChI=1S/C26H27FO3/c1-26(14-18-12-20(26)24-16-8-7-15(11-16)23(18)24)30-22-13-17(9-10-21(22)27)25(28)29-19-5-3-2-4-6-19/h2-6,9-10,13,15-16,18,20,23-24H,7-8,11-12,14H2,1H3. The Labute approximate surface area is 176 Å². The molecular formula is C26H27FO3. The van der Waals surface area contributed by atoms with E-state index < -0.39 is 11.8 Å². The Kier molecular flexibility index (Phi) is 4.03. The van der Waals surface area contributed by atoms with Gasteiger partial charge < -0.3 is 9.47 Å². The maximum absolute atomic E-state index is 14.7. The van der Waals surface area contributed by atoms with E-state index in [1.54, 1.807) is 24.3 Å². The number of carbonyl (C=O) groups is 1. The molecule has 4 bridgehead atoms. The molecule has 4 fully saturated rings. The molecule has 0 aromatic heterocycles. The quantitative estimate of drug-likeness (QED) is 0.361. The van der Waals surface area contributed by atoms with E-state index in [1.165, 1.54) is 43.9 Å². The third-order valence-electron chi connectivity index (χ3n) is 8.53. The van der Waals surface area contributed by atoms with Crippen LogP contribution in [-0.2, 0) is 0 Å². The third kappa shape index (κ3) is 2.72. The Morgan fingerprint density at radius 2 is 1.77 bits per heavy atom. The number of esters is 1. The van der Waals surface area contributed by atoms with Crippen LogP contribution in [0.3, 0.4) is 0 Å². The number of carbonyl (C=O) groups excluding carboxylic acids is 1. The van der Waals surface area contributed by atoms with Crippen LogP contribution < -0.4 is 9.47 Å². The van der Waals surface area contributed by atoms with Crippen molar-refractivity contribution in [3.8, 4) is 11.5 Å². The molecule has 4 saturated carbocycles. The monoisotopic (exact) mass is 406 g/mol. The first kappa shape index (κ1) is 18.4.